The molecule has 15 heavy (non-hydrogen) atoms. The summed E-state index contributed by atoms with van der Waals surface area (Å²) in [4.78, 5) is 11.4. The molecular weight excluding hydrogens is 188 g/mol. The molecule has 0 saturated carbocycles. The molecule has 0 saturated heterocycles. The van der Waals surface area contributed by atoms with E-state index in [1.54, 1.807) is 6.08 Å². The normalized spacial score (nSPS) is 12.0. The van der Waals surface area contributed by atoms with Gasteiger partial charge in [-0.05, 0) is 38.0 Å². The highest BCUT2D eigenvalue weighted by Gasteiger charge is 2.20. The van der Waals surface area contributed by atoms with Gasteiger partial charge in [0.1, 0.15) is 5.60 Å². The van der Waals surface area contributed by atoms with Crippen LogP contribution in [0.5, 0.6) is 0 Å². The number of carbonyl (C=O) groups excluding carboxylic acids is 1. The summed E-state index contributed by atoms with van der Waals surface area (Å²) in [6.45, 7) is 4.95. The Morgan fingerprint density at radius 2 is 1.93 bits per heavy atom. The smallest absolute Gasteiger partial charge is 0.186 e. The quantitative estimate of drug-likeness (QED) is 0.767. The van der Waals surface area contributed by atoms with Crippen LogP contribution in [0, 0.1) is 6.92 Å². The van der Waals surface area contributed by atoms with Gasteiger partial charge in [0.2, 0.25) is 0 Å². The molecule has 2 nitrogen and oxygen atoms in total. The third-order valence-corrected chi connectivity index (χ3v) is 2.21. The number of carbonyl (C=O) groups is 1. The van der Waals surface area contributed by atoms with Crippen molar-refractivity contribution in [3.05, 3.63) is 41.5 Å². The van der Waals surface area contributed by atoms with E-state index in [4.69, 9.17) is 0 Å². The number of rotatable bonds is 3. The first-order valence-electron chi connectivity index (χ1n) is 4.92. The average Bonchev–Trinajstić information content (AvgIpc) is 2.14. The molecule has 0 heterocycles. The number of ketones is 1. The lowest BCUT2D eigenvalue weighted by Gasteiger charge is -2.11. The van der Waals surface area contributed by atoms with Crippen molar-refractivity contribution in [2.24, 2.45) is 0 Å². The lowest BCUT2D eigenvalue weighted by Crippen LogP contribution is -2.29. The molecule has 0 bridgehead atoms. The molecule has 0 aliphatic heterocycles. The van der Waals surface area contributed by atoms with Crippen LogP contribution in [-0.4, -0.2) is 16.5 Å². The molecule has 1 rings (SSSR count). The van der Waals surface area contributed by atoms with E-state index in [-0.39, 0.29) is 5.78 Å². The largest absolute Gasteiger partial charge is 0.382 e. The van der Waals surface area contributed by atoms with Crippen LogP contribution in [0.15, 0.2) is 30.3 Å². The van der Waals surface area contributed by atoms with Gasteiger partial charge in [0.05, 0.1) is 0 Å². The summed E-state index contributed by atoms with van der Waals surface area (Å²) in [5, 5.41) is 9.43. The van der Waals surface area contributed by atoms with Crippen molar-refractivity contribution < 1.29 is 9.90 Å². The minimum absolute atomic E-state index is 0.286. The van der Waals surface area contributed by atoms with Gasteiger partial charge in [-0.25, -0.2) is 0 Å². The van der Waals surface area contributed by atoms with Crippen LogP contribution in [0.25, 0.3) is 6.08 Å². The maximum atomic E-state index is 11.4. The molecule has 0 aliphatic rings. The number of aryl methyl sites for hydroxylation is 1. The predicted octanol–water partition coefficient (Wildman–Crippen LogP) is 2.35. The molecule has 2 heteroatoms. The summed E-state index contributed by atoms with van der Waals surface area (Å²) in [6, 6.07) is 7.78. The van der Waals surface area contributed by atoms with Crippen LogP contribution in [0.3, 0.4) is 0 Å². The van der Waals surface area contributed by atoms with Crippen LogP contribution < -0.4 is 0 Å². The van der Waals surface area contributed by atoms with Crippen molar-refractivity contribution >= 4 is 11.9 Å². The van der Waals surface area contributed by atoms with Gasteiger partial charge < -0.3 is 5.11 Å². The Morgan fingerprint density at radius 3 is 2.47 bits per heavy atom. The molecule has 1 aromatic rings. The van der Waals surface area contributed by atoms with Crippen LogP contribution in [0.4, 0.5) is 0 Å². The fraction of sp³-hybridized carbons (Fsp3) is 0.308. The van der Waals surface area contributed by atoms with Gasteiger partial charge in [0.25, 0.3) is 0 Å². The highest BCUT2D eigenvalue weighted by atomic mass is 16.3. The van der Waals surface area contributed by atoms with Crippen molar-refractivity contribution in [1.82, 2.24) is 0 Å². The number of benzene rings is 1. The van der Waals surface area contributed by atoms with Crippen molar-refractivity contribution in [2.75, 3.05) is 0 Å². The number of hydrogen-bond donors (Lipinski definition) is 1. The monoisotopic (exact) mass is 204 g/mol. The van der Waals surface area contributed by atoms with E-state index in [2.05, 4.69) is 0 Å². The van der Waals surface area contributed by atoms with Crippen LogP contribution in [-0.2, 0) is 4.79 Å². The first-order chi connectivity index (χ1) is 6.91. The average molecular weight is 204 g/mol. The van der Waals surface area contributed by atoms with Gasteiger partial charge in [0.15, 0.2) is 5.78 Å². The molecule has 1 aromatic carbocycles. The van der Waals surface area contributed by atoms with Crippen molar-refractivity contribution in [2.45, 2.75) is 26.4 Å². The molecule has 0 atom stereocenters. The highest BCUT2D eigenvalue weighted by Crippen LogP contribution is 2.11. The second-order valence-corrected chi connectivity index (χ2v) is 4.11. The maximum absolute atomic E-state index is 11.4. The third kappa shape index (κ3) is 3.33. The molecule has 0 amide bonds. The lowest BCUT2D eigenvalue weighted by atomic mass is 10.0. The molecule has 1 N–H and O–H groups in total. The van der Waals surface area contributed by atoms with E-state index in [0.29, 0.717) is 0 Å². The molecule has 80 valence electrons. The molecular formula is C13H16O2. The van der Waals surface area contributed by atoms with Gasteiger partial charge >= 0.3 is 0 Å². The first kappa shape index (κ1) is 11.7. The Labute approximate surface area is 90.3 Å². The van der Waals surface area contributed by atoms with Gasteiger partial charge in [-0.2, -0.15) is 0 Å². The van der Waals surface area contributed by atoms with Crippen LogP contribution in [0.2, 0.25) is 0 Å². The summed E-state index contributed by atoms with van der Waals surface area (Å²) in [7, 11) is 0. The molecule has 0 radical (unpaired) electrons. The summed E-state index contributed by atoms with van der Waals surface area (Å²) < 4.78 is 0. The first-order valence-corrected chi connectivity index (χ1v) is 4.92. The zero-order chi connectivity index (χ0) is 11.5. The summed E-state index contributed by atoms with van der Waals surface area (Å²) >= 11 is 0. The van der Waals surface area contributed by atoms with Crippen LogP contribution in [0.1, 0.15) is 25.0 Å². The van der Waals surface area contributed by atoms with E-state index >= 15 is 0 Å². The number of aliphatic hydroxyl groups is 1. The summed E-state index contributed by atoms with van der Waals surface area (Å²) in [6.07, 6.45) is 3.15. The van der Waals surface area contributed by atoms with E-state index in [0.717, 1.165) is 11.1 Å². The zero-order valence-electron chi connectivity index (χ0n) is 9.32. The Balaban J connectivity index is 2.84. The van der Waals surface area contributed by atoms with Crippen molar-refractivity contribution in [3.8, 4) is 0 Å². The highest BCUT2D eigenvalue weighted by molar-refractivity contribution is 5.99. The third-order valence-electron chi connectivity index (χ3n) is 2.21. The minimum atomic E-state index is -1.29. The fourth-order valence-corrected chi connectivity index (χ4v) is 1.14. The Morgan fingerprint density at radius 1 is 1.33 bits per heavy atom. The topological polar surface area (TPSA) is 37.3 Å². The van der Waals surface area contributed by atoms with E-state index in [1.807, 2.05) is 31.2 Å². The molecule has 0 unspecified atom stereocenters. The number of hydrogen-bond acceptors (Lipinski definition) is 2. The zero-order valence-corrected chi connectivity index (χ0v) is 9.32. The maximum Gasteiger partial charge on any atom is 0.186 e. The van der Waals surface area contributed by atoms with Gasteiger partial charge in [-0.1, -0.05) is 30.3 Å². The fourth-order valence-electron chi connectivity index (χ4n) is 1.14. The molecule has 0 fully saturated rings. The lowest BCUT2D eigenvalue weighted by molar-refractivity contribution is -0.128. The second kappa shape index (κ2) is 4.41. The Hall–Kier alpha value is -1.41. The Kier molecular flexibility index (Phi) is 3.43. The standard InChI is InChI=1S/C13H16O2/c1-10-6-4-5-7-11(10)8-9-12(14)13(2,3)15/h4-9,15H,1-3H3/b9-8+. The van der Waals surface area contributed by atoms with Gasteiger partial charge in [-0.15, -0.1) is 0 Å². The van der Waals surface area contributed by atoms with E-state index < -0.39 is 5.60 Å². The van der Waals surface area contributed by atoms with Gasteiger partial charge in [0, 0.05) is 0 Å². The predicted molar refractivity (Wildman–Crippen MR) is 61.5 cm³/mol. The molecule has 0 aromatic heterocycles. The molecule has 0 spiro atoms. The molecule has 0 aliphatic carbocycles. The SMILES string of the molecule is Cc1ccccc1/C=C/C(=O)C(C)(C)O. The van der Waals surface area contributed by atoms with Crippen LogP contribution >= 0.6 is 0 Å². The van der Waals surface area contributed by atoms with Crippen molar-refractivity contribution in [1.29, 1.82) is 0 Å². The second-order valence-electron chi connectivity index (χ2n) is 4.11. The van der Waals surface area contributed by atoms with E-state index in [9.17, 15) is 9.90 Å². The minimum Gasteiger partial charge on any atom is -0.382 e. The Bertz CT molecular complexity index is 384. The van der Waals surface area contributed by atoms with E-state index in [1.165, 1.54) is 19.9 Å². The summed E-state index contributed by atoms with van der Waals surface area (Å²) in [5.41, 5.74) is 0.812. The summed E-state index contributed by atoms with van der Waals surface area (Å²) in [5.74, 6) is -0.286. The van der Waals surface area contributed by atoms with Gasteiger partial charge in [-0.3, -0.25) is 4.79 Å². The van der Waals surface area contributed by atoms with Crippen molar-refractivity contribution in [3.63, 3.8) is 0 Å².